The summed E-state index contributed by atoms with van der Waals surface area (Å²) in [4.78, 5) is 13.6. The molecule has 4 heterocycles. The summed E-state index contributed by atoms with van der Waals surface area (Å²) in [6, 6.07) is 9.67. The van der Waals surface area contributed by atoms with Crippen molar-refractivity contribution in [1.29, 1.82) is 0 Å². The first-order chi connectivity index (χ1) is 35.8. The molecule has 0 spiro atoms. The zero-order valence-corrected chi connectivity index (χ0v) is 46.2. The highest BCUT2D eigenvalue weighted by atomic mass is 16.8. The molecule has 422 valence electrons. The lowest BCUT2D eigenvalue weighted by Gasteiger charge is -2.63. The molecule has 0 bridgehead atoms. The van der Waals surface area contributed by atoms with Gasteiger partial charge in [0.15, 0.2) is 25.2 Å². The van der Waals surface area contributed by atoms with Crippen molar-refractivity contribution in [2.24, 2.45) is 28.6 Å². The van der Waals surface area contributed by atoms with Gasteiger partial charge in [0, 0.05) is 65.6 Å². The van der Waals surface area contributed by atoms with Crippen LogP contribution in [0.2, 0.25) is 0 Å². The SMILES string of the molecule is CO[C@H]1C[C@H](O[C@H]2CC[C@@]3(C)C(=CC[C@@H]4[C@@H]3C[C@@H](OC(=O)/C=C/c3ccccc3)[C@]3(C)[C@H]([C@H](C)O)CC[C@]43O)C2)O[C@H](C)[C@H]1O[C@H]1C[C@@H](OC)[C@H](O[C@H]2C[C@@H](OC)[C@H](O[C@H]3C[C@@H](OC)[C@H](O)[C@@H](C)O3)[C@@H](C)O2)[C@@H](C)O1. The fourth-order valence-corrected chi connectivity index (χ4v) is 15.2. The van der Waals surface area contributed by atoms with Crippen LogP contribution in [0, 0.1) is 28.6 Å². The molecule has 3 N–H and O–H groups in total. The third-order valence-electron chi connectivity index (χ3n) is 19.4. The summed E-state index contributed by atoms with van der Waals surface area (Å²) in [5.41, 5.74) is 0.0578. The van der Waals surface area contributed by atoms with Crippen molar-refractivity contribution < 1.29 is 81.7 Å². The summed E-state index contributed by atoms with van der Waals surface area (Å²) in [6.07, 6.45) is 3.29. The highest BCUT2D eigenvalue weighted by Crippen LogP contribution is 2.69. The average Bonchev–Trinajstić information content (AvgIpc) is 3.70. The molecular weight excluding hydrogens is 969 g/mol. The van der Waals surface area contributed by atoms with Crippen molar-refractivity contribution in [2.75, 3.05) is 28.4 Å². The second kappa shape index (κ2) is 23.7. The maximum Gasteiger partial charge on any atom is 0.331 e. The maximum atomic E-state index is 13.6. The van der Waals surface area contributed by atoms with E-state index in [1.807, 2.05) is 51.1 Å². The van der Waals surface area contributed by atoms with Crippen LogP contribution in [0.4, 0.5) is 0 Å². The van der Waals surface area contributed by atoms with Crippen LogP contribution in [0.1, 0.15) is 125 Å². The van der Waals surface area contributed by atoms with Gasteiger partial charge in [-0.1, -0.05) is 55.8 Å². The molecule has 4 aliphatic heterocycles. The van der Waals surface area contributed by atoms with Gasteiger partial charge in [0.05, 0.1) is 66.6 Å². The second-order valence-electron chi connectivity index (χ2n) is 23.5. The topological polar surface area (TPSA) is 198 Å². The van der Waals surface area contributed by atoms with Gasteiger partial charge in [-0.3, -0.25) is 0 Å². The lowest BCUT2D eigenvalue weighted by Crippen LogP contribution is -2.67. The smallest absolute Gasteiger partial charge is 0.331 e. The van der Waals surface area contributed by atoms with E-state index in [-0.39, 0.29) is 53.7 Å². The molecule has 17 nitrogen and oxygen atoms in total. The van der Waals surface area contributed by atoms with Crippen molar-refractivity contribution in [1.82, 2.24) is 0 Å². The number of esters is 1. The summed E-state index contributed by atoms with van der Waals surface area (Å²) in [6.45, 7) is 13.8. The van der Waals surface area contributed by atoms with Crippen LogP contribution >= 0.6 is 0 Å². The number of fused-ring (bicyclic) bond motifs is 5. The molecule has 3 saturated carbocycles. The lowest BCUT2D eigenvalue weighted by atomic mass is 9.44. The van der Waals surface area contributed by atoms with Crippen molar-refractivity contribution in [3.63, 3.8) is 0 Å². The minimum absolute atomic E-state index is 0.0370. The predicted molar refractivity (Wildman–Crippen MR) is 274 cm³/mol. The number of allylic oxidation sites excluding steroid dienone is 1. The summed E-state index contributed by atoms with van der Waals surface area (Å²) < 4.78 is 82.1. The first kappa shape index (κ1) is 57.3. The maximum absolute atomic E-state index is 13.6. The van der Waals surface area contributed by atoms with E-state index in [1.165, 1.54) is 11.6 Å². The molecule has 4 saturated heterocycles. The van der Waals surface area contributed by atoms with Gasteiger partial charge < -0.3 is 76.9 Å². The van der Waals surface area contributed by atoms with Crippen LogP contribution < -0.4 is 0 Å². The van der Waals surface area contributed by atoms with E-state index in [9.17, 15) is 20.1 Å². The van der Waals surface area contributed by atoms with E-state index in [0.717, 1.165) is 24.8 Å². The Labute approximate surface area is 444 Å². The molecule has 1 aromatic carbocycles. The van der Waals surface area contributed by atoms with Crippen LogP contribution in [0.5, 0.6) is 0 Å². The van der Waals surface area contributed by atoms with E-state index in [1.54, 1.807) is 48.4 Å². The highest BCUT2D eigenvalue weighted by molar-refractivity contribution is 5.87. The van der Waals surface area contributed by atoms with Gasteiger partial charge >= 0.3 is 5.97 Å². The number of ether oxygens (including phenoxy) is 13. The molecule has 0 aromatic heterocycles. The van der Waals surface area contributed by atoms with Gasteiger partial charge in [0.25, 0.3) is 0 Å². The van der Waals surface area contributed by atoms with E-state index < -0.39 is 103 Å². The molecule has 1 aromatic rings. The third-order valence-corrected chi connectivity index (χ3v) is 19.4. The molecular formula is C58H88O17. The molecule has 75 heavy (non-hydrogen) atoms. The number of carbonyl (C=O) groups excluding carboxylic acids is 1. The molecule has 0 radical (unpaired) electrons. The van der Waals surface area contributed by atoms with Crippen molar-refractivity contribution in [3.8, 4) is 0 Å². The normalized spacial score (nSPS) is 47.5. The van der Waals surface area contributed by atoms with Crippen LogP contribution in [-0.2, 0) is 66.4 Å². The molecule has 25 atom stereocenters. The highest BCUT2D eigenvalue weighted by Gasteiger charge is 2.71. The monoisotopic (exact) mass is 1060 g/mol. The average molecular weight is 1060 g/mol. The van der Waals surface area contributed by atoms with E-state index in [0.29, 0.717) is 51.4 Å². The van der Waals surface area contributed by atoms with Gasteiger partial charge in [-0.05, 0) is 114 Å². The molecule has 9 rings (SSSR count). The van der Waals surface area contributed by atoms with Gasteiger partial charge in [-0.15, -0.1) is 0 Å². The minimum atomic E-state index is -1.12. The Bertz CT molecular complexity index is 2110. The number of benzene rings is 1. The van der Waals surface area contributed by atoms with E-state index in [4.69, 9.17) is 61.6 Å². The summed E-state index contributed by atoms with van der Waals surface area (Å²) >= 11 is 0. The third kappa shape index (κ3) is 11.4. The molecule has 0 amide bonds. The van der Waals surface area contributed by atoms with Crippen LogP contribution in [0.25, 0.3) is 6.08 Å². The van der Waals surface area contributed by atoms with Gasteiger partial charge in [0.2, 0.25) is 0 Å². The largest absolute Gasteiger partial charge is 0.458 e. The molecule has 4 aliphatic carbocycles. The quantitative estimate of drug-likeness (QED) is 0.0887. The Balaban J connectivity index is 0.791. The standard InChI is InChI=1S/C58H88O17/c1-31(59)39-22-24-58(62)40-19-18-37-25-38(21-23-56(37,6)41(40)26-46(57(39,58)7)72-47(60)20-17-36-15-13-12-14-16-36)71-48-28-43(64-9)53(33(3)68-48)74-50-30-45(66-11)55(35(5)70-50)75-51-29-44(65-10)54(34(4)69-51)73-49-27-42(63-8)52(61)32(2)67-49/h12-18,20,31-35,38-46,48-55,59,61-62H,19,21-30H2,1-11H3/b20-17+/t31-,32+,33+,34+,35+,38-,39-,40+,41-,42+,43-,44+,45+,46+,48-,49-,50-,51-,52+,53+,54+,55+,56-,57-,58-/m0/s1. The van der Waals surface area contributed by atoms with Gasteiger partial charge in [-0.25, -0.2) is 4.79 Å². The van der Waals surface area contributed by atoms with E-state index in [2.05, 4.69) is 19.9 Å². The Morgan fingerprint density at radius 1 is 0.680 bits per heavy atom. The van der Waals surface area contributed by atoms with Crippen LogP contribution in [-0.4, -0.2) is 172 Å². The van der Waals surface area contributed by atoms with Crippen molar-refractivity contribution >= 4 is 12.0 Å². The van der Waals surface area contributed by atoms with Crippen molar-refractivity contribution in [3.05, 3.63) is 53.6 Å². The van der Waals surface area contributed by atoms with E-state index >= 15 is 0 Å². The van der Waals surface area contributed by atoms with Crippen LogP contribution in [0.15, 0.2) is 48.1 Å². The number of hydrogen-bond acceptors (Lipinski definition) is 17. The van der Waals surface area contributed by atoms with Crippen molar-refractivity contribution in [2.45, 2.75) is 241 Å². The fourth-order valence-electron chi connectivity index (χ4n) is 15.2. The number of methoxy groups -OCH3 is 4. The molecule has 7 fully saturated rings. The minimum Gasteiger partial charge on any atom is -0.458 e. The number of aliphatic hydroxyl groups excluding tert-OH is 2. The molecule has 8 aliphatic rings. The zero-order valence-electron chi connectivity index (χ0n) is 46.2. The fraction of sp³-hybridized carbons (Fsp3) is 0.810. The summed E-state index contributed by atoms with van der Waals surface area (Å²) in [5.74, 6) is -0.615. The number of carbonyl (C=O) groups is 1. The lowest BCUT2D eigenvalue weighted by molar-refractivity contribution is -0.347. The molecule has 0 unspecified atom stereocenters. The Morgan fingerprint density at radius 3 is 1.71 bits per heavy atom. The predicted octanol–water partition coefficient (Wildman–Crippen LogP) is 6.80. The number of hydrogen-bond donors (Lipinski definition) is 3. The van der Waals surface area contributed by atoms with Crippen LogP contribution in [0.3, 0.4) is 0 Å². The Hall–Kier alpha value is -2.43. The Kier molecular flexibility index (Phi) is 18.1. The van der Waals surface area contributed by atoms with Gasteiger partial charge in [0.1, 0.15) is 30.5 Å². The molecule has 17 heteroatoms. The first-order valence-electron chi connectivity index (χ1n) is 27.9. The number of rotatable bonds is 16. The zero-order chi connectivity index (χ0) is 53.6. The first-order valence-corrected chi connectivity index (χ1v) is 27.9. The van der Waals surface area contributed by atoms with Gasteiger partial charge in [-0.2, -0.15) is 0 Å². The summed E-state index contributed by atoms with van der Waals surface area (Å²) in [7, 11) is 6.57. The Morgan fingerprint density at radius 2 is 1.19 bits per heavy atom. The summed E-state index contributed by atoms with van der Waals surface area (Å²) in [5, 5.41) is 34.6. The number of aliphatic hydroxyl groups is 3. The second-order valence-corrected chi connectivity index (χ2v) is 23.5.